The molecule has 0 aromatic heterocycles. The third kappa shape index (κ3) is 6.17. The smallest absolute Gasteiger partial charge is 0.252 e. The first-order valence-corrected chi connectivity index (χ1v) is 8.76. The Morgan fingerprint density at radius 2 is 1.84 bits per heavy atom. The van der Waals surface area contributed by atoms with Crippen molar-refractivity contribution in [2.45, 2.75) is 40.5 Å². The Morgan fingerprint density at radius 1 is 1.24 bits per heavy atom. The molecule has 142 valence electrons. The Hall–Kier alpha value is -1.30. The van der Waals surface area contributed by atoms with Gasteiger partial charge in [0.15, 0.2) is 0 Å². The van der Waals surface area contributed by atoms with E-state index in [1.54, 1.807) is 18.2 Å². The van der Waals surface area contributed by atoms with Crippen molar-refractivity contribution in [3.8, 4) is 0 Å². The van der Waals surface area contributed by atoms with Crippen LogP contribution in [0.2, 0.25) is 5.02 Å². The maximum atomic E-state index is 12.5. The van der Waals surface area contributed by atoms with E-state index < -0.39 is 5.41 Å². The number of hydrogen-bond donors (Lipinski definition) is 3. The summed E-state index contributed by atoms with van der Waals surface area (Å²) in [5.41, 5.74) is 6.17. The minimum Gasteiger partial charge on any atom is -0.352 e. The van der Waals surface area contributed by atoms with Gasteiger partial charge in [-0.2, -0.15) is 0 Å². The summed E-state index contributed by atoms with van der Waals surface area (Å²) in [6.45, 7) is 8.81. The molecule has 0 heterocycles. The first kappa shape index (κ1) is 23.7. The molecular weight excluding hydrogens is 361 g/mol. The average Bonchev–Trinajstić information content (AvgIpc) is 2.55. The fraction of sp³-hybridized carbons (Fsp3) is 0.556. The number of nitrogens with one attached hydrogen (secondary N) is 2. The molecule has 25 heavy (non-hydrogen) atoms. The van der Waals surface area contributed by atoms with E-state index in [-0.39, 0.29) is 30.8 Å². The molecule has 7 heteroatoms. The van der Waals surface area contributed by atoms with Crippen molar-refractivity contribution in [3.63, 3.8) is 0 Å². The zero-order chi connectivity index (χ0) is 18.3. The van der Waals surface area contributed by atoms with Gasteiger partial charge in [0, 0.05) is 18.8 Å². The Bertz CT molecular complexity index is 579. The van der Waals surface area contributed by atoms with Crippen LogP contribution in [0.15, 0.2) is 18.2 Å². The molecule has 4 N–H and O–H groups in total. The molecule has 0 unspecified atom stereocenters. The van der Waals surface area contributed by atoms with Gasteiger partial charge in [-0.1, -0.05) is 39.3 Å². The molecule has 0 atom stereocenters. The minimum atomic E-state index is -0.584. The van der Waals surface area contributed by atoms with Gasteiger partial charge in [0.1, 0.15) is 0 Å². The van der Waals surface area contributed by atoms with Crippen LogP contribution >= 0.6 is 24.0 Å². The van der Waals surface area contributed by atoms with Crippen LogP contribution in [0.25, 0.3) is 0 Å². The largest absolute Gasteiger partial charge is 0.352 e. The normalized spacial score (nSPS) is 11.0. The van der Waals surface area contributed by atoms with Crippen molar-refractivity contribution >= 4 is 41.5 Å². The van der Waals surface area contributed by atoms with Crippen LogP contribution in [0, 0.1) is 11.3 Å². The molecule has 0 fully saturated rings. The molecule has 2 amide bonds. The van der Waals surface area contributed by atoms with Gasteiger partial charge in [-0.25, -0.2) is 0 Å². The number of benzene rings is 1. The second-order valence-electron chi connectivity index (χ2n) is 6.44. The number of hydrogen-bond acceptors (Lipinski definition) is 3. The molecule has 1 rings (SSSR count). The predicted molar refractivity (Wildman–Crippen MR) is 107 cm³/mol. The third-order valence-corrected chi connectivity index (χ3v) is 4.68. The number of amides is 2. The van der Waals surface area contributed by atoms with Crippen LogP contribution in [0.3, 0.4) is 0 Å². The molecule has 1 aromatic carbocycles. The lowest BCUT2D eigenvalue weighted by atomic mass is 9.81. The summed E-state index contributed by atoms with van der Waals surface area (Å²) in [7, 11) is 0. The minimum absolute atomic E-state index is 0. The zero-order valence-electron chi connectivity index (χ0n) is 15.3. The lowest BCUT2D eigenvalue weighted by Gasteiger charge is -2.28. The van der Waals surface area contributed by atoms with Crippen LogP contribution in [-0.4, -0.2) is 24.9 Å². The Balaban J connectivity index is 0.00000576. The fourth-order valence-corrected chi connectivity index (χ4v) is 2.65. The number of rotatable bonds is 8. The van der Waals surface area contributed by atoms with Crippen molar-refractivity contribution in [2.24, 2.45) is 17.1 Å². The number of carbonyl (C=O) groups excluding carboxylic acids is 2. The van der Waals surface area contributed by atoms with E-state index in [0.717, 1.165) is 0 Å². The highest BCUT2D eigenvalue weighted by atomic mass is 35.5. The quantitative estimate of drug-likeness (QED) is 0.630. The zero-order valence-corrected chi connectivity index (χ0v) is 16.9. The van der Waals surface area contributed by atoms with Crippen molar-refractivity contribution in [1.29, 1.82) is 0 Å². The molecule has 0 aliphatic rings. The maximum Gasteiger partial charge on any atom is 0.252 e. The molecule has 0 saturated carbocycles. The third-order valence-electron chi connectivity index (χ3n) is 4.37. The van der Waals surface area contributed by atoms with Crippen molar-refractivity contribution in [2.75, 3.05) is 18.4 Å². The van der Waals surface area contributed by atoms with E-state index in [4.69, 9.17) is 17.3 Å². The molecule has 1 aromatic rings. The number of halogens is 2. The SMILES string of the molecule is CCC(CC)(CN)C(=O)Nc1ccc(C(=O)NCC(C)C)c(Cl)c1.Cl. The Kier molecular flexibility index (Phi) is 10.1. The van der Waals surface area contributed by atoms with Crippen molar-refractivity contribution < 1.29 is 9.59 Å². The van der Waals surface area contributed by atoms with E-state index in [1.807, 2.05) is 27.7 Å². The number of carbonyl (C=O) groups is 2. The predicted octanol–water partition coefficient (Wildman–Crippen LogP) is 3.85. The van der Waals surface area contributed by atoms with E-state index in [9.17, 15) is 9.59 Å². The fourth-order valence-electron chi connectivity index (χ4n) is 2.39. The van der Waals surface area contributed by atoms with E-state index in [0.29, 0.717) is 41.6 Å². The van der Waals surface area contributed by atoms with Gasteiger partial charge < -0.3 is 16.4 Å². The monoisotopic (exact) mass is 389 g/mol. The molecule has 0 aliphatic heterocycles. The van der Waals surface area contributed by atoms with Crippen LogP contribution < -0.4 is 16.4 Å². The van der Waals surface area contributed by atoms with Gasteiger partial charge in [-0.15, -0.1) is 12.4 Å². The second-order valence-corrected chi connectivity index (χ2v) is 6.85. The lowest BCUT2D eigenvalue weighted by Crippen LogP contribution is -2.41. The van der Waals surface area contributed by atoms with Crippen molar-refractivity contribution in [1.82, 2.24) is 5.32 Å². The summed E-state index contributed by atoms with van der Waals surface area (Å²) in [6, 6.07) is 4.90. The molecular formula is C18H29Cl2N3O2. The standard InChI is InChI=1S/C18H28ClN3O2.ClH/c1-5-18(6-2,11-20)17(24)22-13-7-8-14(15(19)9-13)16(23)21-10-12(3)4;/h7-9,12H,5-6,10-11,20H2,1-4H3,(H,21,23)(H,22,24);1H. The molecule has 0 saturated heterocycles. The topological polar surface area (TPSA) is 84.2 Å². The molecule has 0 spiro atoms. The highest BCUT2D eigenvalue weighted by Gasteiger charge is 2.33. The van der Waals surface area contributed by atoms with Crippen LogP contribution in [0.1, 0.15) is 50.9 Å². The van der Waals surface area contributed by atoms with E-state index in [2.05, 4.69) is 10.6 Å². The Labute approximate surface area is 161 Å². The highest BCUT2D eigenvalue weighted by Crippen LogP contribution is 2.28. The molecule has 0 bridgehead atoms. The van der Waals surface area contributed by atoms with Crippen LogP contribution in [0.4, 0.5) is 5.69 Å². The average molecular weight is 390 g/mol. The molecule has 5 nitrogen and oxygen atoms in total. The van der Waals surface area contributed by atoms with Gasteiger partial charge >= 0.3 is 0 Å². The van der Waals surface area contributed by atoms with Crippen LogP contribution in [-0.2, 0) is 4.79 Å². The van der Waals surface area contributed by atoms with Gasteiger partial charge in [-0.05, 0) is 37.0 Å². The van der Waals surface area contributed by atoms with Gasteiger partial charge in [0.2, 0.25) is 5.91 Å². The summed E-state index contributed by atoms with van der Waals surface area (Å²) in [5, 5.41) is 5.99. The van der Waals surface area contributed by atoms with E-state index in [1.165, 1.54) is 0 Å². The molecule has 0 aliphatic carbocycles. The first-order chi connectivity index (χ1) is 11.3. The Morgan fingerprint density at radius 3 is 2.28 bits per heavy atom. The number of nitrogens with two attached hydrogens (primary N) is 1. The van der Waals surface area contributed by atoms with Gasteiger partial charge in [0.25, 0.3) is 5.91 Å². The number of anilines is 1. The van der Waals surface area contributed by atoms with Crippen molar-refractivity contribution in [3.05, 3.63) is 28.8 Å². The lowest BCUT2D eigenvalue weighted by molar-refractivity contribution is -0.125. The summed E-state index contributed by atoms with van der Waals surface area (Å²) in [4.78, 5) is 24.6. The van der Waals surface area contributed by atoms with E-state index >= 15 is 0 Å². The first-order valence-electron chi connectivity index (χ1n) is 8.38. The molecule has 0 radical (unpaired) electrons. The highest BCUT2D eigenvalue weighted by molar-refractivity contribution is 6.34. The van der Waals surface area contributed by atoms with Gasteiger partial charge in [-0.3, -0.25) is 9.59 Å². The van der Waals surface area contributed by atoms with Gasteiger partial charge in [0.05, 0.1) is 16.0 Å². The summed E-state index contributed by atoms with van der Waals surface area (Å²) in [5.74, 6) is 0.0202. The second kappa shape index (κ2) is 10.6. The summed E-state index contributed by atoms with van der Waals surface area (Å²) < 4.78 is 0. The summed E-state index contributed by atoms with van der Waals surface area (Å²) >= 11 is 6.20. The maximum absolute atomic E-state index is 12.5. The summed E-state index contributed by atoms with van der Waals surface area (Å²) in [6.07, 6.45) is 1.32. The van der Waals surface area contributed by atoms with Crippen LogP contribution in [0.5, 0.6) is 0 Å².